The highest BCUT2D eigenvalue weighted by Crippen LogP contribution is 2.32. The van der Waals surface area contributed by atoms with Crippen molar-refractivity contribution in [2.75, 3.05) is 48.0 Å². The van der Waals surface area contributed by atoms with Gasteiger partial charge in [-0.25, -0.2) is 0 Å². The van der Waals surface area contributed by atoms with Crippen molar-refractivity contribution in [1.29, 1.82) is 0 Å². The van der Waals surface area contributed by atoms with E-state index < -0.39 is 42.1 Å². The number of methoxy groups -OCH3 is 2. The Hall–Kier alpha value is -4.43. The Balaban J connectivity index is 1.77. The van der Waals surface area contributed by atoms with Gasteiger partial charge >= 0.3 is 5.97 Å². The molecule has 2 N–H and O–H groups in total. The van der Waals surface area contributed by atoms with Gasteiger partial charge in [0, 0.05) is 64.5 Å². The topological polar surface area (TPSA) is 163 Å². The Bertz CT molecular complexity index is 1870. The number of hydrogen-bond donors (Lipinski definition) is 2. The van der Waals surface area contributed by atoms with Crippen LogP contribution < -0.4 is 0 Å². The average molecular weight is 934 g/mol. The number of nitrogens with zero attached hydrogens (tertiary/aromatic N) is 3. The SMILES string of the molecule is C=C(O)c1ccc(COC[C@@H](CC(=O)[C@H](C)[C@@H](OC)[C@@H]2CCCN2C(=O)C[C@@H](OC)[C@H]([C@@H](C)CC)N(C)C(=O)[C@@H](CC(=O)[C@H](C(C)C)N(C)CCCC(=O)O)C(C)C)Cc2ccccc2)cc1. The lowest BCUT2D eigenvalue weighted by molar-refractivity contribution is -0.149. The molecule has 1 heterocycles. The molecule has 0 aromatic heterocycles. The molecule has 0 spiro atoms. The van der Waals surface area contributed by atoms with Gasteiger partial charge in [0.15, 0.2) is 5.78 Å². The number of ketones is 2. The molecule has 1 fully saturated rings. The minimum atomic E-state index is -0.878. The van der Waals surface area contributed by atoms with Gasteiger partial charge in [-0.2, -0.15) is 0 Å². The summed E-state index contributed by atoms with van der Waals surface area (Å²) in [5, 5.41) is 18.9. The third-order valence-corrected chi connectivity index (χ3v) is 14.0. The molecule has 9 atom stereocenters. The van der Waals surface area contributed by atoms with E-state index in [1.807, 2.05) is 88.7 Å². The van der Waals surface area contributed by atoms with Crippen molar-refractivity contribution >= 4 is 35.1 Å². The number of Topliss-reactive ketones (excluding diaryl/α,β-unsaturated/α-hetero) is 2. The number of ether oxygens (including phenoxy) is 3. The first-order valence-electron chi connectivity index (χ1n) is 24.4. The first-order chi connectivity index (χ1) is 31.7. The van der Waals surface area contributed by atoms with Crippen LogP contribution in [0.25, 0.3) is 5.76 Å². The van der Waals surface area contributed by atoms with Crippen LogP contribution in [-0.2, 0) is 51.2 Å². The zero-order chi connectivity index (χ0) is 50.0. The van der Waals surface area contributed by atoms with E-state index in [2.05, 4.69) is 25.6 Å². The number of likely N-dealkylation sites (tertiary alicyclic amines) is 1. The predicted molar refractivity (Wildman–Crippen MR) is 263 cm³/mol. The van der Waals surface area contributed by atoms with E-state index in [0.717, 1.165) is 24.0 Å². The molecule has 67 heavy (non-hydrogen) atoms. The maximum Gasteiger partial charge on any atom is 0.303 e. The number of carbonyl (C=O) groups is 5. The van der Waals surface area contributed by atoms with Gasteiger partial charge < -0.3 is 34.2 Å². The molecule has 2 amide bonds. The maximum atomic E-state index is 14.6. The molecule has 3 rings (SSSR count). The molecular formula is C54H83N3O10. The molecule has 0 aliphatic carbocycles. The van der Waals surface area contributed by atoms with E-state index in [1.54, 1.807) is 38.3 Å². The first-order valence-corrected chi connectivity index (χ1v) is 24.4. The Kier molecular flexibility index (Phi) is 23.9. The largest absolute Gasteiger partial charge is 0.508 e. The number of amides is 2. The van der Waals surface area contributed by atoms with Gasteiger partial charge in [-0.05, 0) is 74.1 Å². The summed E-state index contributed by atoms with van der Waals surface area (Å²) in [4.78, 5) is 73.9. The summed E-state index contributed by atoms with van der Waals surface area (Å²) in [7, 11) is 6.76. The summed E-state index contributed by atoms with van der Waals surface area (Å²) in [6, 6.07) is 16.1. The van der Waals surface area contributed by atoms with Crippen LogP contribution in [0.15, 0.2) is 61.2 Å². The molecule has 13 heteroatoms. The number of carboxylic acid groups (broad SMARTS) is 1. The quantitative estimate of drug-likeness (QED) is 0.0697. The Morgan fingerprint density at radius 3 is 2.04 bits per heavy atom. The highest BCUT2D eigenvalue weighted by atomic mass is 16.5. The standard InChI is InChI=1S/C54H83N3O10/c1-13-37(6)52(56(10)54(64)44(35(2)3)31-47(60)51(36(4)5)55(9)27-18-22-50(62)63)48(65-11)32-49(61)57-28-17-21-45(57)53(66-12)38(7)46(59)30-42(29-40-19-15-14-16-20-40)34-67-33-41-23-25-43(26-24-41)39(8)58/h14-16,19-20,23-26,35-38,42,44-45,48,51-53,58H,8,13,17-18,21-22,27-34H2,1-7,9-12H3,(H,62,63)/t37-,38-,42+,44-,45-,48+,51-,52-,53+/m0/s1. The van der Waals surface area contributed by atoms with E-state index in [1.165, 1.54) is 0 Å². The summed E-state index contributed by atoms with van der Waals surface area (Å²) in [6.07, 6.45) is 2.40. The molecule has 13 nitrogen and oxygen atoms in total. The zero-order valence-electron chi connectivity index (χ0n) is 42.4. The second-order valence-electron chi connectivity index (χ2n) is 19.7. The van der Waals surface area contributed by atoms with Crippen LogP contribution >= 0.6 is 0 Å². The lowest BCUT2D eigenvalue weighted by atomic mass is 9.83. The van der Waals surface area contributed by atoms with E-state index in [9.17, 15) is 29.1 Å². The van der Waals surface area contributed by atoms with E-state index in [0.29, 0.717) is 51.1 Å². The number of carboxylic acids is 1. The van der Waals surface area contributed by atoms with Crippen LogP contribution in [0, 0.1) is 35.5 Å². The lowest BCUT2D eigenvalue weighted by Crippen LogP contribution is -2.54. The van der Waals surface area contributed by atoms with Crippen molar-refractivity contribution in [1.82, 2.24) is 14.7 Å². The van der Waals surface area contributed by atoms with Gasteiger partial charge in [-0.1, -0.05) is 116 Å². The summed E-state index contributed by atoms with van der Waals surface area (Å²) >= 11 is 0. The smallest absolute Gasteiger partial charge is 0.303 e. The van der Waals surface area contributed by atoms with Crippen LogP contribution in [0.4, 0.5) is 0 Å². The maximum absolute atomic E-state index is 14.6. The minimum Gasteiger partial charge on any atom is -0.508 e. The number of benzene rings is 2. The number of rotatable bonds is 31. The third-order valence-electron chi connectivity index (χ3n) is 14.0. The fourth-order valence-electron chi connectivity index (χ4n) is 10.0. The van der Waals surface area contributed by atoms with Crippen molar-refractivity contribution in [2.24, 2.45) is 35.5 Å². The van der Waals surface area contributed by atoms with Gasteiger partial charge in [-0.3, -0.25) is 28.9 Å². The van der Waals surface area contributed by atoms with Gasteiger partial charge in [-0.15, -0.1) is 0 Å². The van der Waals surface area contributed by atoms with Gasteiger partial charge in [0.05, 0.1) is 50.0 Å². The Morgan fingerprint density at radius 2 is 1.49 bits per heavy atom. The number of aliphatic hydroxyl groups is 1. The second kappa shape index (κ2) is 28.2. The molecule has 1 aliphatic rings. The fraction of sp³-hybridized carbons (Fsp3) is 0.648. The van der Waals surface area contributed by atoms with Crippen LogP contribution in [-0.4, -0.2) is 133 Å². The first kappa shape index (κ1) is 56.9. The summed E-state index contributed by atoms with van der Waals surface area (Å²) in [6.45, 7) is 19.1. The highest BCUT2D eigenvalue weighted by molar-refractivity contribution is 5.90. The van der Waals surface area contributed by atoms with Crippen LogP contribution in [0.5, 0.6) is 0 Å². The monoisotopic (exact) mass is 934 g/mol. The molecular weight excluding hydrogens is 851 g/mol. The second-order valence-corrected chi connectivity index (χ2v) is 19.7. The number of likely N-dealkylation sites (N-methyl/N-ethyl adjacent to an activating group) is 2. The molecule has 2 aromatic carbocycles. The number of aliphatic carboxylic acids is 1. The van der Waals surface area contributed by atoms with Crippen LogP contribution in [0.1, 0.15) is 117 Å². The van der Waals surface area contributed by atoms with Gasteiger partial charge in [0.2, 0.25) is 11.8 Å². The van der Waals surface area contributed by atoms with E-state index in [4.69, 9.17) is 19.3 Å². The van der Waals surface area contributed by atoms with Crippen molar-refractivity contribution in [3.05, 3.63) is 77.9 Å². The minimum absolute atomic E-state index is 0.00496. The van der Waals surface area contributed by atoms with Gasteiger partial charge in [0.25, 0.3) is 0 Å². The predicted octanol–water partition coefficient (Wildman–Crippen LogP) is 8.52. The van der Waals surface area contributed by atoms with Crippen molar-refractivity contribution in [3.63, 3.8) is 0 Å². The number of hydrogen-bond acceptors (Lipinski definition) is 10. The number of carbonyl (C=O) groups excluding carboxylic acids is 4. The molecule has 0 bridgehead atoms. The van der Waals surface area contributed by atoms with E-state index >= 15 is 0 Å². The molecule has 0 saturated carbocycles. The summed E-state index contributed by atoms with van der Waals surface area (Å²) in [5.74, 6) is -2.65. The summed E-state index contributed by atoms with van der Waals surface area (Å²) < 4.78 is 18.4. The molecule has 2 aromatic rings. The highest BCUT2D eigenvalue weighted by Gasteiger charge is 2.43. The molecule has 0 radical (unpaired) electrons. The van der Waals surface area contributed by atoms with E-state index in [-0.39, 0.29) is 84.5 Å². The molecule has 1 saturated heterocycles. The Morgan fingerprint density at radius 1 is 0.836 bits per heavy atom. The van der Waals surface area contributed by atoms with Crippen LogP contribution in [0.3, 0.4) is 0 Å². The number of aliphatic hydroxyl groups excluding tert-OH is 1. The van der Waals surface area contributed by atoms with Gasteiger partial charge in [0.1, 0.15) is 11.5 Å². The fourth-order valence-corrected chi connectivity index (χ4v) is 10.0. The summed E-state index contributed by atoms with van der Waals surface area (Å²) in [5.41, 5.74) is 2.69. The molecule has 0 unspecified atom stereocenters. The van der Waals surface area contributed by atoms with Crippen LogP contribution in [0.2, 0.25) is 0 Å². The normalized spacial score (nSPS) is 17.7. The average Bonchev–Trinajstić information content (AvgIpc) is 3.77. The molecule has 374 valence electrons. The zero-order valence-corrected chi connectivity index (χ0v) is 42.4. The Labute approximate surface area is 401 Å². The van der Waals surface area contributed by atoms with Crippen molar-refractivity contribution < 1.29 is 48.4 Å². The lowest BCUT2D eigenvalue weighted by Gasteiger charge is -2.41. The molecule has 1 aliphatic heterocycles. The van der Waals surface area contributed by atoms with Crippen molar-refractivity contribution in [3.8, 4) is 0 Å². The van der Waals surface area contributed by atoms with Crippen molar-refractivity contribution in [2.45, 2.75) is 143 Å². The third kappa shape index (κ3) is 16.9.